The smallest absolute Gasteiger partial charge is 0.179 e. The van der Waals surface area contributed by atoms with Gasteiger partial charge in [-0.3, -0.25) is 9.78 Å². The van der Waals surface area contributed by atoms with Gasteiger partial charge in [0.2, 0.25) is 0 Å². The van der Waals surface area contributed by atoms with Crippen LogP contribution in [0.2, 0.25) is 0 Å². The van der Waals surface area contributed by atoms with Crippen molar-refractivity contribution in [1.29, 1.82) is 5.26 Å². The minimum atomic E-state index is -0.542. The third-order valence-corrected chi connectivity index (χ3v) is 7.17. The molecule has 5 heteroatoms. The second-order valence-corrected chi connectivity index (χ2v) is 8.82. The number of nitriles is 1. The van der Waals surface area contributed by atoms with E-state index >= 15 is 0 Å². The molecule has 3 aliphatic carbocycles. The number of likely N-dealkylation sites (tertiary alicyclic amines) is 1. The predicted molar refractivity (Wildman–Crippen MR) is 100 cm³/mol. The highest BCUT2D eigenvalue weighted by atomic mass is 16.3. The monoisotopic (exact) mass is 363 g/mol. The summed E-state index contributed by atoms with van der Waals surface area (Å²) >= 11 is 0. The third-order valence-electron chi connectivity index (χ3n) is 7.17. The Balaban J connectivity index is 1.52. The van der Waals surface area contributed by atoms with Crippen LogP contribution in [0.5, 0.6) is 0 Å². The number of ketones is 1. The molecular weight excluding hydrogens is 338 g/mol. The van der Waals surface area contributed by atoms with E-state index in [1.165, 1.54) is 19.3 Å². The first-order valence-corrected chi connectivity index (χ1v) is 10.2. The molecule has 5 rings (SSSR count). The van der Waals surface area contributed by atoms with Gasteiger partial charge < -0.3 is 10.0 Å². The number of carbonyl (C=O) groups excluding carboxylic acids is 1. The van der Waals surface area contributed by atoms with Gasteiger partial charge in [-0.25, -0.2) is 0 Å². The Kier molecular flexibility index (Phi) is 3.87. The maximum absolute atomic E-state index is 12.6. The Morgan fingerprint density at radius 1 is 1.26 bits per heavy atom. The number of aromatic nitrogens is 1. The molecule has 1 aromatic heterocycles. The summed E-state index contributed by atoms with van der Waals surface area (Å²) in [6, 6.07) is 4.12. The molecular formula is C22H25N3O2. The van der Waals surface area contributed by atoms with E-state index in [0.29, 0.717) is 17.0 Å². The van der Waals surface area contributed by atoms with Crippen molar-refractivity contribution in [3.63, 3.8) is 0 Å². The highest BCUT2D eigenvalue weighted by Gasteiger charge is 2.41. The number of piperidine rings is 1. The third kappa shape index (κ3) is 2.78. The first-order chi connectivity index (χ1) is 13.1. The van der Waals surface area contributed by atoms with E-state index in [2.05, 4.69) is 16.0 Å². The SMILES string of the molecule is N#CC1=C(N2CCC3(CCC3)CC2)c2cc(C(O)C3CC3)ncc2CC1=O. The second kappa shape index (κ2) is 6.17. The highest BCUT2D eigenvalue weighted by molar-refractivity contribution is 6.09. The van der Waals surface area contributed by atoms with Crippen molar-refractivity contribution in [3.8, 4) is 6.07 Å². The molecule has 0 amide bonds. The van der Waals surface area contributed by atoms with Gasteiger partial charge in [0.15, 0.2) is 5.78 Å². The van der Waals surface area contributed by atoms with Gasteiger partial charge in [-0.05, 0) is 61.5 Å². The van der Waals surface area contributed by atoms with E-state index < -0.39 is 6.10 Å². The second-order valence-electron chi connectivity index (χ2n) is 8.82. The molecule has 1 N–H and O–H groups in total. The fraction of sp³-hybridized carbons (Fsp3) is 0.591. The molecule has 1 aliphatic heterocycles. The number of aliphatic hydroxyl groups excluding tert-OH is 1. The number of pyridine rings is 1. The van der Waals surface area contributed by atoms with Crippen LogP contribution in [0.4, 0.5) is 0 Å². The van der Waals surface area contributed by atoms with Gasteiger partial charge in [0, 0.05) is 31.3 Å². The number of carbonyl (C=O) groups is 1. The Hall–Kier alpha value is -2.19. The van der Waals surface area contributed by atoms with Gasteiger partial charge in [0.1, 0.15) is 11.6 Å². The van der Waals surface area contributed by atoms with Crippen LogP contribution in [0, 0.1) is 22.7 Å². The zero-order valence-corrected chi connectivity index (χ0v) is 15.6. The molecule has 1 saturated heterocycles. The Bertz CT molecular complexity index is 864. The molecule has 27 heavy (non-hydrogen) atoms. The first-order valence-electron chi connectivity index (χ1n) is 10.2. The Morgan fingerprint density at radius 2 is 2.00 bits per heavy atom. The molecule has 1 spiro atoms. The van der Waals surface area contributed by atoms with Crippen molar-refractivity contribution in [2.45, 2.75) is 57.5 Å². The molecule has 0 radical (unpaired) electrons. The summed E-state index contributed by atoms with van der Waals surface area (Å²) in [5.41, 5.74) is 4.06. The molecule has 1 aromatic rings. The molecule has 4 aliphatic rings. The van der Waals surface area contributed by atoms with E-state index in [1.54, 1.807) is 6.20 Å². The number of rotatable bonds is 3. The van der Waals surface area contributed by atoms with E-state index in [1.807, 2.05) is 6.07 Å². The predicted octanol–water partition coefficient (Wildman–Crippen LogP) is 3.15. The quantitative estimate of drug-likeness (QED) is 0.893. The van der Waals surface area contributed by atoms with Crippen molar-refractivity contribution >= 4 is 11.5 Å². The lowest BCUT2D eigenvalue weighted by atomic mass is 9.63. The topological polar surface area (TPSA) is 77.2 Å². The van der Waals surface area contributed by atoms with Crippen molar-refractivity contribution in [3.05, 3.63) is 34.7 Å². The number of allylic oxidation sites excluding steroid dienone is 1. The Morgan fingerprint density at radius 3 is 2.59 bits per heavy atom. The van der Waals surface area contributed by atoms with Crippen molar-refractivity contribution in [2.75, 3.05) is 13.1 Å². The van der Waals surface area contributed by atoms with Crippen LogP contribution < -0.4 is 0 Å². The highest BCUT2D eigenvalue weighted by Crippen LogP contribution is 2.50. The minimum absolute atomic E-state index is 0.110. The van der Waals surface area contributed by atoms with Crippen LogP contribution in [0.1, 0.15) is 67.9 Å². The zero-order chi connectivity index (χ0) is 18.6. The summed E-state index contributed by atoms with van der Waals surface area (Å²) in [6.45, 7) is 1.80. The van der Waals surface area contributed by atoms with Crippen LogP contribution in [0.3, 0.4) is 0 Å². The summed E-state index contributed by atoms with van der Waals surface area (Å²) in [5, 5.41) is 20.2. The lowest BCUT2D eigenvalue weighted by Crippen LogP contribution is -2.43. The fourth-order valence-corrected chi connectivity index (χ4v) is 5.03. The average molecular weight is 363 g/mol. The largest absolute Gasteiger partial charge is 0.387 e. The maximum Gasteiger partial charge on any atom is 0.179 e. The van der Waals surface area contributed by atoms with Crippen molar-refractivity contribution in [1.82, 2.24) is 9.88 Å². The van der Waals surface area contributed by atoms with Gasteiger partial charge >= 0.3 is 0 Å². The van der Waals surface area contributed by atoms with Gasteiger partial charge in [0.25, 0.3) is 0 Å². The molecule has 0 bridgehead atoms. The van der Waals surface area contributed by atoms with Gasteiger partial charge in [-0.15, -0.1) is 0 Å². The standard InChI is InChI=1S/C22H25N3O2/c23-12-17-19(26)10-15-13-24-18(21(27)14-2-3-14)11-16(15)20(17)25-8-6-22(7-9-25)4-1-5-22/h11,13-14,21,27H,1-10H2. The zero-order valence-electron chi connectivity index (χ0n) is 15.6. The number of aliphatic hydroxyl groups is 1. The number of hydrogen-bond acceptors (Lipinski definition) is 5. The number of hydrogen-bond donors (Lipinski definition) is 1. The van der Waals surface area contributed by atoms with E-state index in [4.69, 9.17) is 0 Å². The van der Waals surface area contributed by atoms with Crippen LogP contribution in [-0.4, -0.2) is 33.9 Å². The number of nitrogens with zero attached hydrogens (tertiary/aromatic N) is 3. The van der Waals surface area contributed by atoms with E-state index in [9.17, 15) is 15.2 Å². The van der Waals surface area contributed by atoms with Crippen LogP contribution >= 0.6 is 0 Å². The van der Waals surface area contributed by atoms with Crippen molar-refractivity contribution < 1.29 is 9.90 Å². The van der Waals surface area contributed by atoms with Crippen LogP contribution in [0.25, 0.3) is 5.70 Å². The lowest BCUT2D eigenvalue weighted by molar-refractivity contribution is -0.114. The molecule has 1 unspecified atom stereocenters. The normalized spacial score (nSPS) is 25.0. The number of fused-ring (bicyclic) bond motifs is 1. The summed E-state index contributed by atoms with van der Waals surface area (Å²) in [5.74, 6) is 0.193. The van der Waals surface area contributed by atoms with Crippen molar-refractivity contribution in [2.24, 2.45) is 11.3 Å². The summed E-state index contributed by atoms with van der Waals surface area (Å²) in [4.78, 5) is 19.3. The number of Topliss-reactive ketones (excluding diaryl/α,β-unsaturated/α-hetero) is 1. The molecule has 140 valence electrons. The van der Waals surface area contributed by atoms with Crippen LogP contribution in [0.15, 0.2) is 17.8 Å². The lowest BCUT2D eigenvalue weighted by Gasteiger charge is -2.49. The molecule has 1 atom stereocenters. The van der Waals surface area contributed by atoms with Gasteiger partial charge in [0.05, 0.1) is 17.5 Å². The molecule has 0 aromatic carbocycles. The van der Waals surface area contributed by atoms with Crippen LogP contribution in [-0.2, 0) is 11.2 Å². The fourth-order valence-electron chi connectivity index (χ4n) is 5.03. The molecule has 3 fully saturated rings. The van der Waals surface area contributed by atoms with E-state index in [-0.39, 0.29) is 17.8 Å². The molecule has 2 saturated carbocycles. The average Bonchev–Trinajstić information content (AvgIpc) is 3.50. The minimum Gasteiger partial charge on any atom is -0.387 e. The Labute approximate surface area is 159 Å². The summed E-state index contributed by atoms with van der Waals surface area (Å²) in [7, 11) is 0. The maximum atomic E-state index is 12.6. The van der Waals surface area contributed by atoms with E-state index in [0.717, 1.165) is 55.6 Å². The van der Waals surface area contributed by atoms with Gasteiger partial charge in [-0.2, -0.15) is 5.26 Å². The van der Waals surface area contributed by atoms with Gasteiger partial charge in [-0.1, -0.05) is 6.42 Å². The summed E-state index contributed by atoms with van der Waals surface area (Å²) in [6.07, 6.45) is 9.76. The molecule has 2 heterocycles. The summed E-state index contributed by atoms with van der Waals surface area (Å²) < 4.78 is 0. The first kappa shape index (κ1) is 16.9. The molecule has 5 nitrogen and oxygen atoms in total.